The molecule has 0 spiro atoms. The molecule has 1 aliphatic heterocycles. The van der Waals surface area contributed by atoms with E-state index in [1.165, 1.54) is 5.56 Å². The lowest BCUT2D eigenvalue weighted by molar-refractivity contribution is 0.0951. The fraction of sp³-hybridized carbons (Fsp3) is 0.333. The van der Waals surface area contributed by atoms with Crippen LogP contribution in [0.15, 0.2) is 53.5 Å². The number of hydrogen-bond donors (Lipinski definition) is 3. The molecule has 0 radical (unpaired) electrons. The molecule has 0 saturated carbocycles. The first-order chi connectivity index (χ1) is 12.6. The van der Waals surface area contributed by atoms with Crippen LogP contribution in [0.4, 0.5) is 5.69 Å². The topological polar surface area (TPSA) is 65.5 Å². The van der Waals surface area contributed by atoms with Gasteiger partial charge in [-0.25, -0.2) is 0 Å². The number of nitrogens with one attached hydrogen (secondary N) is 3. The summed E-state index contributed by atoms with van der Waals surface area (Å²) in [5.74, 6) is 1.38. The molecule has 136 valence electrons. The minimum Gasteiger partial charge on any atom is -0.354 e. The number of rotatable bonds is 6. The van der Waals surface area contributed by atoms with Crippen LogP contribution in [-0.2, 0) is 13.0 Å². The normalized spacial score (nSPS) is 13.3. The third kappa shape index (κ3) is 5.09. The van der Waals surface area contributed by atoms with Crippen molar-refractivity contribution >= 4 is 17.6 Å². The zero-order valence-corrected chi connectivity index (χ0v) is 15.4. The summed E-state index contributed by atoms with van der Waals surface area (Å²) >= 11 is 0. The molecule has 26 heavy (non-hydrogen) atoms. The molecule has 0 aromatic heterocycles. The Morgan fingerprint density at radius 3 is 2.38 bits per heavy atom. The van der Waals surface area contributed by atoms with Gasteiger partial charge in [0.1, 0.15) is 0 Å². The van der Waals surface area contributed by atoms with Gasteiger partial charge in [0.05, 0.1) is 6.54 Å². The number of hydrogen-bond acceptors (Lipinski definition) is 4. The summed E-state index contributed by atoms with van der Waals surface area (Å²) < 4.78 is 0. The zero-order chi connectivity index (χ0) is 18.4. The Kier molecular flexibility index (Phi) is 5.89. The number of benzene rings is 2. The molecular formula is C21H26N4O. The van der Waals surface area contributed by atoms with E-state index in [1.54, 1.807) is 0 Å². The summed E-state index contributed by atoms with van der Waals surface area (Å²) in [4.78, 5) is 16.6. The average Bonchev–Trinajstić information content (AvgIpc) is 3.14. The third-order valence-corrected chi connectivity index (χ3v) is 4.20. The predicted molar refractivity (Wildman–Crippen MR) is 107 cm³/mol. The lowest BCUT2D eigenvalue weighted by atomic mass is 10.0. The standard InChI is InChI=1S/C21H26N4O/c1-15(2)13-16-3-7-18(8-4-16)20(26)24-14-17-5-9-19(10-6-17)25-21-22-11-12-23-21/h3-10,15H,11-14H2,1-2H3,(H,24,26)(H2,22,23,25). The number of anilines is 1. The second-order valence-corrected chi connectivity index (χ2v) is 6.96. The van der Waals surface area contributed by atoms with Crippen LogP contribution in [0.1, 0.15) is 35.3 Å². The second-order valence-electron chi connectivity index (χ2n) is 6.96. The van der Waals surface area contributed by atoms with Crippen LogP contribution >= 0.6 is 0 Å². The van der Waals surface area contributed by atoms with E-state index in [1.807, 2.05) is 48.5 Å². The van der Waals surface area contributed by atoms with Crippen molar-refractivity contribution in [2.24, 2.45) is 10.9 Å². The summed E-state index contributed by atoms with van der Waals surface area (Å²) in [6.45, 7) is 6.58. The summed E-state index contributed by atoms with van der Waals surface area (Å²) in [6.07, 6.45) is 1.03. The van der Waals surface area contributed by atoms with Crippen molar-refractivity contribution in [2.75, 3.05) is 18.4 Å². The maximum atomic E-state index is 12.3. The largest absolute Gasteiger partial charge is 0.354 e. The number of carbonyl (C=O) groups is 1. The summed E-state index contributed by atoms with van der Waals surface area (Å²) in [6, 6.07) is 15.9. The van der Waals surface area contributed by atoms with E-state index >= 15 is 0 Å². The third-order valence-electron chi connectivity index (χ3n) is 4.20. The van der Waals surface area contributed by atoms with Gasteiger partial charge in [0.25, 0.3) is 5.91 Å². The van der Waals surface area contributed by atoms with Gasteiger partial charge < -0.3 is 16.0 Å². The van der Waals surface area contributed by atoms with Gasteiger partial charge in [0.15, 0.2) is 5.96 Å². The lowest BCUT2D eigenvalue weighted by Gasteiger charge is -2.09. The van der Waals surface area contributed by atoms with Crippen molar-refractivity contribution in [3.8, 4) is 0 Å². The van der Waals surface area contributed by atoms with Crippen LogP contribution < -0.4 is 16.0 Å². The molecule has 0 fully saturated rings. The molecule has 0 saturated heterocycles. The van der Waals surface area contributed by atoms with E-state index < -0.39 is 0 Å². The molecule has 1 heterocycles. The molecule has 0 atom stereocenters. The van der Waals surface area contributed by atoms with E-state index in [9.17, 15) is 4.79 Å². The van der Waals surface area contributed by atoms with E-state index in [4.69, 9.17) is 0 Å². The van der Waals surface area contributed by atoms with Gasteiger partial charge in [-0.15, -0.1) is 0 Å². The van der Waals surface area contributed by atoms with E-state index in [2.05, 4.69) is 34.8 Å². The van der Waals surface area contributed by atoms with Crippen LogP contribution in [0.3, 0.4) is 0 Å². The van der Waals surface area contributed by atoms with Crippen LogP contribution in [0.5, 0.6) is 0 Å². The number of aliphatic imine (C=N–C) groups is 1. The highest BCUT2D eigenvalue weighted by Crippen LogP contribution is 2.12. The number of nitrogens with zero attached hydrogens (tertiary/aromatic N) is 1. The molecule has 2 aromatic carbocycles. The molecule has 0 bridgehead atoms. The highest BCUT2D eigenvalue weighted by atomic mass is 16.1. The van der Waals surface area contributed by atoms with Gasteiger partial charge in [-0.1, -0.05) is 38.1 Å². The van der Waals surface area contributed by atoms with E-state index in [0.717, 1.165) is 36.7 Å². The van der Waals surface area contributed by atoms with Crippen molar-refractivity contribution in [3.05, 3.63) is 65.2 Å². The van der Waals surface area contributed by atoms with Crippen molar-refractivity contribution in [1.29, 1.82) is 0 Å². The summed E-state index contributed by atoms with van der Waals surface area (Å²) in [5, 5.41) is 9.38. The number of carbonyl (C=O) groups excluding carboxylic acids is 1. The zero-order valence-electron chi connectivity index (χ0n) is 15.4. The highest BCUT2D eigenvalue weighted by Gasteiger charge is 2.07. The Morgan fingerprint density at radius 1 is 1.08 bits per heavy atom. The molecule has 0 aliphatic carbocycles. The molecular weight excluding hydrogens is 324 g/mol. The molecule has 5 heteroatoms. The van der Waals surface area contributed by atoms with Crippen molar-refractivity contribution in [2.45, 2.75) is 26.8 Å². The van der Waals surface area contributed by atoms with Crippen molar-refractivity contribution < 1.29 is 4.79 Å². The van der Waals surface area contributed by atoms with Gasteiger partial charge in [-0.2, -0.15) is 0 Å². The number of amides is 1. The van der Waals surface area contributed by atoms with Crippen molar-refractivity contribution in [1.82, 2.24) is 10.6 Å². The Labute approximate surface area is 154 Å². The van der Waals surface area contributed by atoms with Crippen LogP contribution in [0.25, 0.3) is 0 Å². The Balaban J connectivity index is 1.50. The Hall–Kier alpha value is -2.82. The van der Waals surface area contributed by atoms with Gasteiger partial charge in [-0.05, 0) is 47.7 Å². The minimum absolute atomic E-state index is 0.0483. The molecule has 5 nitrogen and oxygen atoms in total. The first kappa shape index (κ1) is 18.0. The predicted octanol–water partition coefficient (Wildman–Crippen LogP) is 3.19. The molecule has 0 unspecified atom stereocenters. The average molecular weight is 350 g/mol. The fourth-order valence-corrected chi connectivity index (χ4v) is 2.87. The first-order valence-electron chi connectivity index (χ1n) is 9.11. The maximum Gasteiger partial charge on any atom is 0.251 e. The molecule has 2 aromatic rings. The minimum atomic E-state index is -0.0483. The first-order valence-corrected chi connectivity index (χ1v) is 9.11. The Bertz CT molecular complexity index is 764. The van der Waals surface area contributed by atoms with Gasteiger partial charge in [-0.3, -0.25) is 9.79 Å². The van der Waals surface area contributed by atoms with Gasteiger partial charge in [0, 0.05) is 24.3 Å². The van der Waals surface area contributed by atoms with Crippen LogP contribution in [0, 0.1) is 5.92 Å². The number of guanidine groups is 1. The van der Waals surface area contributed by atoms with Crippen LogP contribution in [0.2, 0.25) is 0 Å². The van der Waals surface area contributed by atoms with E-state index in [-0.39, 0.29) is 5.91 Å². The quantitative estimate of drug-likeness (QED) is 0.750. The monoisotopic (exact) mass is 350 g/mol. The summed E-state index contributed by atoms with van der Waals surface area (Å²) in [5.41, 5.74) is 4.00. The van der Waals surface area contributed by atoms with E-state index in [0.29, 0.717) is 18.0 Å². The van der Waals surface area contributed by atoms with Gasteiger partial charge >= 0.3 is 0 Å². The maximum absolute atomic E-state index is 12.3. The molecule has 3 N–H and O–H groups in total. The summed E-state index contributed by atoms with van der Waals surface area (Å²) in [7, 11) is 0. The molecule has 1 amide bonds. The smallest absolute Gasteiger partial charge is 0.251 e. The second kappa shape index (κ2) is 8.52. The lowest BCUT2D eigenvalue weighted by Crippen LogP contribution is -2.26. The van der Waals surface area contributed by atoms with Gasteiger partial charge in [0.2, 0.25) is 0 Å². The van der Waals surface area contributed by atoms with Crippen molar-refractivity contribution in [3.63, 3.8) is 0 Å². The SMILES string of the molecule is CC(C)Cc1ccc(C(=O)NCc2ccc(NC3=NCCN3)cc2)cc1. The van der Waals surface area contributed by atoms with Crippen LogP contribution in [-0.4, -0.2) is 25.0 Å². The fourth-order valence-electron chi connectivity index (χ4n) is 2.87. The highest BCUT2D eigenvalue weighted by molar-refractivity contribution is 5.95. The molecule has 3 rings (SSSR count). The Morgan fingerprint density at radius 2 is 1.77 bits per heavy atom. The molecule has 1 aliphatic rings.